The number of rotatable bonds is 3. The lowest BCUT2D eigenvalue weighted by Crippen LogP contribution is -1.89. The van der Waals surface area contributed by atoms with E-state index < -0.39 is 27.2 Å². The number of nitrogens with zero attached hydrogens (tertiary/aromatic N) is 2. The van der Waals surface area contributed by atoms with Gasteiger partial charge in [0, 0.05) is 5.39 Å². The van der Waals surface area contributed by atoms with E-state index in [2.05, 4.69) is 0 Å². The Labute approximate surface area is 122 Å². The first-order chi connectivity index (χ1) is 10.5. The van der Waals surface area contributed by atoms with Crippen LogP contribution in [0.3, 0.4) is 0 Å². The maximum atomic E-state index is 11.2. The molecule has 2 aromatic carbocycles. The minimum Gasteiger partial charge on any atom is -0.502 e. The van der Waals surface area contributed by atoms with Crippen LogP contribution in [0.25, 0.3) is 22.1 Å². The number of furan rings is 1. The number of hydrogen-bond acceptors (Lipinski definition) is 6. The molecule has 0 fully saturated rings. The van der Waals surface area contributed by atoms with Crippen molar-refractivity contribution in [3.63, 3.8) is 0 Å². The Kier molecular flexibility index (Phi) is 2.99. The van der Waals surface area contributed by atoms with E-state index in [4.69, 9.17) is 4.42 Å². The molecule has 3 aromatic rings. The third-order valence-corrected chi connectivity index (χ3v) is 3.20. The van der Waals surface area contributed by atoms with Crippen LogP contribution in [0.4, 0.5) is 11.6 Å². The molecule has 22 heavy (non-hydrogen) atoms. The minimum atomic E-state index is -0.834. The maximum Gasteiger partial charge on any atom is 0.442 e. The van der Waals surface area contributed by atoms with E-state index in [1.165, 1.54) is 6.07 Å². The highest BCUT2D eigenvalue weighted by Gasteiger charge is 2.31. The molecule has 0 aliphatic rings. The second-order valence-electron chi connectivity index (χ2n) is 4.47. The molecule has 0 radical (unpaired) electrons. The van der Waals surface area contributed by atoms with Gasteiger partial charge in [0.1, 0.15) is 10.5 Å². The van der Waals surface area contributed by atoms with Gasteiger partial charge < -0.3 is 9.52 Å². The van der Waals surface area contributed by atoms with Crippen LogP contribution in [0.2, 0.25) is 0 Å². The first-order valence-corrected chi connectivity index (χ1v) is 6.13. The number of nitro groups is 2. The van der Waals surface area contributed by atoms with E-state index in [0.717, 1.165) is 6.07 Å². The van der Waals surface area contributed by atoms with Crippen LogP contribution in [0, 0.1) is 20.2 Å². The Hall–Kier alpha value is -3.42. The number of nitro benzene ring substituents is 1. The molecule has 0 atom stereocenters. The third-order valence-electron chi connectivity index (χ3n) is 3.20. The molecule has 8 nitrogen and oxygen atoms in total. The zero-order chi connectivity index (χ0) is 15.9. The Morgan fingerprint density at radius 1 is 0.955 bits per heavy atom. The lowest BCUT2D eigenvalue weighted by atomic mass is 10.0. The van der Waals surface area contributed by atoms with Gasteiger partial charge in [-0.05, 0) is 17.7 Å². The van der Waals surface area contributed by atoms with Gasteiger partial charge >= 0.3 is 11.6 Å². The molecule has 0 aliphatic carbocycles. The molecule has 0 bridgehead atoms. The van der Waals surface area contributed by atoms with Crippen molar-refractivity contribution in [1.82, 2.24) is 0 Å². The topological polar surface area (TPSA) is 120 Å². The zero-order valence-electron chi connectivity index (χ0n) is 10.9. The van der Waals surface area contributed by atoms with Crippen molar-refractivity contribution >= 4 is 22.5 Å². The number of phenols is 1. The maximum absolute atomic E-state index is 11.2. The van der Waals surface area contributed by atoms with Crippen LogP contribution in [0.15, 0.2) is 46.9 Å². The molecule has 0 amide bonds. The summed E-state index contributed by atoms with van der Waals surface area (Å²) in [6, 6.07) is 10.9. The summed E-state index contributed by atoms with van der Waals surface area (Å²) in [4.78, 5) is 20.7. The smallest absolute Gasteiger partial charge is 0.442 e. The van der Waals surface area contributed by atoms with Crippen molar-refractivity contribution < 1.29 is 19.4 Å². The number of hydrogen-bond donors (Lipinski definition) is 1. The predicted octanol–water partition coefficient (Wildman–Crippen LogP) is 3.62. The summed E-state index contributed by atoms with van der Waals surface area (Å²) in [6.45, 7) is 0. The zero-order valence-corrected chi connectivity index (χ0v) is 10.9. The molecular formula is C14H8N2O6. The molecule has 8 heteroatoms. The van der Waals surface area contributed by atoms with Crippen LogP contribution in [0.5, 0.6) is 5.75 Å². The van der Waals surface area contributed by atoms with Crippen molar-refractivity contribution in [1.29, 1.82) is 0 Å². The Morgan fingerprint density at radius 2 is 1.64 bits per heavy atom. The standard InChI is InChI=1S/C14H8N2O6/c17-10-7-6-9-11(8-4-2-1-3-5-8)14(16(20)21)22-13(9)12(10)15(18)19/h1-7,17H. The Morgan fingerprint density at radius 3 is 2.23 bits per heavy atom. The van der Waals surface area contributed by atoms with Crippen LogP contribution in [0.1, 0.15) is 0 Å². The van der Waals surface area contributed by atoms with E-state index in [1.54, 1.807) is 30.3 Å². The van der Waals surface area contributed by atoms with Crippen molar-refractivity contribution in [2.24, 2.45) is 0 Å². The summed E-state index contributed by atoms with van der Waals surface area (Å²) in [6.07, 6.45) is 0. The first kappa shape index (κ1) is 13.6. The number of benzene rings is 2. The van der Waals surface area contributed by atoms with Crippen LogP contribution < -0.4 is 0 Å². The first-order valence-electron chi connectivity index (χ1n) is 6.13. The van der Waals surface area contributed by atoms with Gasteiger partial charge in [0.15, 0.2) is 5.75 Å². The second-order valence-corrected chi connectivity index (χ2v) is 4.47. The molecule has 0 spiro atoms. The summed E-state index contributed by atoms with van der Waals surface area (Å²) < 4.78 is 5.09. The van der Waals surface area contributed by atoms with Gasteiger partial charge in [-0.2, -0.15) is 0 Å². The van der Waals surface area contributed by atoms with Gasteiger partial charge in [-0.3, -0.25) is 20.2 Å². The summed E-state index contributed by atoms with van der Waals surface area (Å²) in [5, 5.41) is 32.1. The molecule has 0 unspecified atom stereocenters. The SMILES string of the molecule is O=[N+]([O-])c1oc2c([N+](=O)[O-])c(O)ccc2c1-c1ccccc1. The Balaban J connectivity index is 2.46. The largest absolute Gasteiger partial charge is 0.502 e. The molecule has 1 aromatic heterocycles. The van der Waals surface area contributed by atoms with E-state index >= 15 is 0 Å². The van der Waals surface area contributed by atoms with E-state index in [9.17, 15) is 25.3 Å². The predicted molar refractivity (Wildman–Crippen MR) is 76.6 cm³/mol. The molecule has 0 saturated carbocycles. The monoisotopic (exact) mass is 300 g/mol. The minimum absolute atomic E-state index is 0.142. The van der Waals surface area contributed by atoms with Gasteiger partial charge in [0.05, 0.1) is 4.92 Å². The van der Waals surface area contributed by atoms with Crippen molar-refractivity contribution in [3.8, 4) is 16.9 Å². The average molecular weight is 300 g/mol. The number of aromatic hydroxyl groups is 1. The van der Waals surface area contributed by atoms with E-state index in [-0.39, 0.29) is 16.5 Å². The van der Waals surface area contributed by atoms with Gasteiger partial charge in [0.2, 0.25) is 5.58 Å². The van der Waals surface area contributed by atoms with Gasteiger partial charge in [0.25, 0.3) is 0 Å². The van der Waals surface area contributed by atoms with Crippen molar-refractivity contribution in [2.75, 3.05) is 0 Å². The molecule has 110 valence electrons. The summed E-state index contributed by atoms with van der Waals surface area (Å²) in [5.74, 6) is -1.21. The highest BCUT2D eigenvalue weighted by molar-refractivity contribution is 6.03. The fourth-order valence-electron chi connectivity index (χ4n) is 2.31. The number of phenolic OH excluding ortho intramolecular Hbond substituents is 1. The lowest BCUT2D eigenvalue weighted by molar-refractivity contribution is -0.401. The summed E-state index contributed by atoms with van der Waals surface area (Å²) in [7, 11) is 0. The van der Waals surface area contributed by atoms with E-state index in [0.29, 0.717) is 5.56 Å². The van der Waals surface area contributed by atoms with Gasteiger partial charge in [-0.25, -0.2) is 0 Å². The van der Waals surface area contributed by atoms with Gasteiger partial charge in [-0.15, -0.1) is 0 Å². The average Bonchev–Trinajstić information content (AvgIpc) is 2.87. The highest BCUT2D eigenvalue weighted by Crippen LogP contribution is 2.45. The molecule has 1 heterocycles. The molecule has 1 N–H and O–H groups in total. The summed E-state index contributed by atoms with van der Waals surface area (Å²) >= 11 is 0. The van der Waals surface area contributed by atoms with Crippen molar-refractivity contribution in [2.45, 2.75) is 0 Å². The molecule has 3 rings (SSSR count). The lowest BCUT2D eigenvalue weighted by Gasteiger charge is -1.98. The van der Waals surface area contributed by atoms with Gasteiger partial charge in [-0.1, -0.05) is 30.3 Å². The number of fused-ring (bicyclic) bond motifs is 1. The second kappa shape index (κ2) is 4.85. The molecular weight excluding hydrogens is 292 g/mol. The quantitative estimate of drug-likeness (QED) is 0.582. The Bertz CT molecular complexity index is 901. The van der Waals surface area contributed by atoms with Crippen molar-refractivity contribution in [3.05, 3.63) is 62.7 Å². The summed E-state index contributed by atoms with van der Waals surface area (Å²) in [5.41, 5.74) is -0.380. The third kappa shape index (κ3) is 1.94. The van der Waals surface area contributed by atoms with Crippen LogP contribution in [-0.4, -0.2) is 15.0 Å². The van der Waals surface area contributed by atoms with E-state index in [1.807, 2.05) is 0 Å². The fraction of sp³-hybridized carbons (Fsp3) is 0. The normalized spacial score (nSPS) is 10.7. The van der Waals surface area contributed by atoms with Crippen LogP contribution >= 0.6 is 0 Å². The highest BCUT2D eigenvalue weighted by atomic mass is 16.7. The molecule has 0 aliphatic heterocycles. The van der Waals surface area contributed by atoms with Crippen LogP contribution in [-0.2, 0) is 0 Å². The fourth-order valence-corrected chi connectivity index (χ4v) is 2.31. The molecule has 0 saturated heterocycles.